The van der Waals surface area contributed by atoms with Gasteiger partial charge in [0.15, 0.2) is 0 Å². The quantitative estimate of drug-likeness (QED) is 0.727. The standard InChI is InChI=1S/C15H21NO3/c1-19-14(18)8-12-4-2-3-5-13(12)9-16-10-15(11-17)6-7-15/h2-5,16-17H,6-11H2,1H3. The summed E-state index contributed by atoms with van der Waals surface area (Å²) in [4.78, 5) is 11.3. The van der Waals surface area contributed by atoms with Crippen LogP contribution in [0.4, 0.5) is 0 Å². The summed E-state index contributed by atoms with van der Waals surface area (Å²) in [5, 5.41) is 12.6. The molecule has 1 fully saturated rings. The zero-order chi connectivity index (χ0) is 13.7. The van der Waals surface area contributed by atoms with Crippen molar-refractivity contribution in [3.05, 3.63) is 35.4 Å². The molecule has 1 saturated carbocycles. The molecule has 2 N–H and O–H groups in total. The molecule has 0 bridgehead atoms. The smallest absolute Gasteiger partial charge is 0.309 e. The van der Waals surface area contributed by atoms with Crippen molar-refractivity contribution in [1.82, 2.24) is 5.32 Å². The minimum absolute atomic E-state index is 0.108. The maximum Gasteiger partial charge on any atom is 0.309 e. The van der Waals surface area contributed by atoms with Crippen molar-refractivity contribution < 1.29 is 14.6 Å². The monoisotopic (exact) mass is 263 g/mol. The second-order valence-corrected chi connectivity index (χ2v) is 5.28. The van der Waals surface area contributed by atoms with E-state index in [4.69, 9.17) is 4.74 Å². The number of ether oxygens (including phenoxy) is 1. The second kappa shape index (κ2) is 6.17. The number of rotatable bonds is 7. The summed E-state index contributed by atoms with van der Waals surface area (Å²) in [6.07, 6.45) is 2.50. The molecule has 0 atom stereocenters. The molecular formula is C15H21NO3. The fourth-order valence-electron chi connectivity index (χ4n) is 2.16. The van der Waals surface area contributed by atoms with Gasteiger partial charge in [-0.05, 0) is 24.0 Å². The molecule has 0 saturated heterocycles. The Kier molecular flexibility index (Phi) is 4.56. The predicted molar refractivity (Wildman–Crippen MR) is 72.6 cm³/mol. The number of nitrogens with one attached hydrogen (secondary N) is 1. The Bertz CT molecular complexity index is 441. The Morgan fingerprint density at radius 2 is 2.05 bits per heavy atom. The molecular weight excluding hydrogens is 242 g/mol. The fourth-order valence-corrected chi connectivity index (χ4v) is 2.16. The Morgan fingerprint density at radius 3 is 2.63 bits per heavy atom. The second-order valence-electron chi connectivity index (χ2n) is 5.28. The zero-order valence-electron chi connectivity index (χ0n) is 11.3. The minimum Gasteiger partial charge on any atom is -0.469 e. The Balaban J connectivity index is 1.90. The highest BCUT2D eigenvalue weighted by molar-refractivity contribution is 5.72. The number of carbonyl (C=O) groups is 1. The van der Waals surface area contributed by atoms with E-state index in [1.807, 2.05) is 24.3 Å². The van der Waals surface area contributed by atoms with Gasteiger partial charge in [0, 0.05) is 25.1 Å². The summed E-state index contributed by atoms with van der Waals surface area (Å²) >= 11 is 0. The van der Waals surface area contributed by atoms with E-state index in [1.54, 1.807) is 0 Å². The van der Waals surface area contributed by atoms with Gasteiger partial charge < -0.3 is 15.2 Å². The van der Waals surface area contributed by atoms with Crippen molar-refractivity contribution in [3.63, 3.8) is 0 Å². The van der Waals surface area contributed by atoms with E-state index in [2.05, 4.69) is 5.32 Å². The van der Waals surface area contributed by atoms with E-state index in [-0.39, 0.29) is 18.0 Å². The van der Waals surface area contributed by atoms with Crippen LogP contribution < -0.4 is 5.32 Å². The van der Waals surface area contributed by atoms with Crippen LogP contribution in [-0.2, 0) is 22.5 Å². The Hall–Kier alpha value is -1.39. The third kappa shape index (κ3) is 3.78. The molecule has 4 nitrogen and oxygen atoms in total. The third-order valence-corrected chi connectivity index (χ3v) is 3.79. The number of carbonyl (C=O) groups excluding carboxylic acids is 1. The summed E-state index contributed by atoms with van der Waals surface area (Å²) in [5.41, 5.74) is 2.22. The van der Waals surface area contributed by atoms with Crippen LogP contribution in [0.1, 0.15) is 24.0 Å². The zero-order valence-corrected chi connectivity index (χ0v) is 11.3. The molecule has 19 heavy (non-hydrogen) atoms. The maximum absolute atomic E-state index is 11.3. The van der Waals surface area contributed by atoms with Gasteiger partial charge in [0.1, 0.15) is 0 Å². The van der Waals surface area contributed by atoms with E-state index in [0.29, 0.717) is 6.42 Å². The summed E-state index contributed by atoms with van der Waals surface area (Å²) in [6.45, 7) is 1.80. The van der Waals surface area contributed by atoms with Crippen LogP contribution in [0.2, 0.25) is 0 Å². The van der Waals surface area contributed by atoms with Gasteiger partial charge in [-0.3, -0.25) is 4.79 Å². The van der Waals surface area contributed by atoms with Crippen LogP contribution in [0.15, 0.2) is 24.3 Å². The van der Waals surface area contributed by atoms with E-state index < -0.39 is 0 Å². The van der Waals surface area contributed by atoms with E-state index in [9.17, 15) is 9.90 Å². The van der Waals surface area contributed by atoms with Gasteiger partial charge >= 0.3 is 5.97 Å². The number of esters is 1. The first-order chi connectivity index (χ1) is 9.19. The van der Waals surface area contributed by atoms with Crippen molar-refractivity contribution in [1.29, 1.82) is 0 Å². The molecule has 0 amide bonds. The van der Waals surface area contributed by atoms with E-state index in [0.717, 1.165) is 37.1 Å². The molecule has 0 unspecified atom stereocenters. The average Bonchev–Trinajstić information content (AvgIpc) is 3.21. The number of benzene rings is 1. The number of hydrogen-bond donors (Lipinski definition) is 2. The lowest BCUT2D eigenvalue weighted by atomic mass is 10.0. The van der Waals surface area contributed by atoms with Gasteiger partial charge in [-0.25, -0.2) is 0 Å². The molecule has 1 aromatic carbocycles. The predicted octanol–water partition coefficient (Wildman–Crippen LogP) is 1.26. The van der Waals surface area contributed by atoms with Crippen molar-refractivity contribution in [2.45, 2.75) is 25.8 Å². The highest BCUT2D eigenvalue weighted by atomic mass is 16.5. The molecule has 104 valence electrons. The highest BCUT2D eigenvalue weighted by Crippen LogP contribution is 2.44. The average molecular weight is 263 g/mol. The van der Waals surface area contributed by atoms with Crippen molar-refractivity contribution in [2.75, 3.05) is 20.3 Å². The lowest BCUT2D eigenvalue weighted by molar-refractivity contribution is -0.139. The SMILES string of the molecule is COC(=O)Cc1ccccc1CNCC1(CO)CC1. The van der Waals surface area contributed by atoms with Gasteiger partial charge in [0.25, 0.3) is 0 Å². The van der Waals surface area contributed by atoms with Crippen LogP contribution >= 0.6 is 0 Å². The van der Waals surface area contributed by atoms with Crippen LogP contribution in [0.3, 0.4) is 0 Å². The molecule has 1 aliphatic rings. The molecule has 0 heterocycles. The molecule has 1 aliphatic carbocycles. The Morgan fingerprint density at radius 1 is 1.37 bits per heavy atom. The van der Waals surface area contributed by atoms with Crippen molar-refractivity contribution in [3.8, 4) is 0 Å². The molecule has 1 aromatic rings. The molecule has 0 spiro atoms. The van der Waals surface area contributed by atoms with Crippen LogP contribution in [-0.4, -0.2) is 31.3 Å². The molecule has 4 heteroatoms. The number of aliphatic hydroxyl groups excluding tert-OH is 1. The molecule has 0 aromatic heterocycles. The fraction of sp³-hybridized carbons (Fsp3) is 0.533. The van der Waals surface area contributed by atoms with E-state index in [1.165, 1.54) is 7.11 Å². The lowest BCUT2D eigenvalue weighted by Gasteiger charge is -2.14. The maximum atomic E-state index is 11.3. The first-order valence-electron chi connectivity index (χ1n) is 6.64. The molecule has 0 aliphatic heterocycles. The van der Waals surface area contributed by atoms with Gasteiger partial charge in [-0.2, -0.15) is 0 Å². The number of aliphatic hydroxyl groups is 1. The van der Waals surface area contributed by atoms with Crippen molar-refractivity contribution >= 4 is 5.97 Å². The highest BCUT2D eigenvalue weighted by Gasteiger charge is 2.41. The van der Waals surface area contributed by atoms with Gasteiger partial charge in [0.2, 0.25) is 0 Å². The Labute approximate surface area is 113 Å². The van der Waals surface area contributed by atoms with Gasteiger partial charge in [-0.1, -0.05) is 24.3 Å². The van der Waals surface area contributed by atoms with Gasteiger partial charge in [0.05, 0.1) is 13.5 Å². The normalized spacial score (nSPS) is 16.1. The largest absolute Gasteiger partial charge is 0.469 e. The van der Waals surface area contributed by atoms with Gasteiger partial charge in [-0.15, -0.1) is 0 Å². The lowest BCUT2D eigenvalue weighted by Crippen LogP contribution is -2.26. The van der Waals surface area contributed by atoms with Crippen LogP contribution in [0.5, 0.6) is 0 Å². The number of hydrogen-bond acceptors (Lipinski definition) is 4. The first kappa shape index (κ1) is 14.0. The minimum atomic E-state index is -0.221. The van der Waals surface area contributed by atoms with Crippen molar-refractivity contribution in [2.24, 2.45) is 5.41 Å². The first-order valence-corrected chi connectivity index (χ1v) is 6.64. The number of methoxy groups -OCH3 is 1. The molecule has 2 rings (SSSR count). The van der Waals surface area contributed by atoms with Crippen LogP contribution in [0.25, 0.3) is 0 Å². The van der Waals surface area contributed by atoms with Crippen LogP contribution in [0, 0.1) is 5.41 Å². The summed E-state index contributed by atoms with van der Waals surface area (Å²) in [6, 6.07) is 7.87. The van der Waals surface area contributed by atoms with E-state index >= 15 is 0 Å². The molecule has 0 radical (unpaired) electrons. The summed E-state index contributed by atoms with van der Waals surface area (Å²) in [5.74, 6) is -0.221. The topological polar surface area (TPSA) is 58.6 Å². The summed E-state index contributed by atoms with van der Waals surface area (Å²) < 4.78 is 4.70. The third-order valence-electron chi connectivity index (χ3n) is 3.79. The summed E-state index contributed by atoms with van der Waals surface area (Å²) in [7, 11) is 1.40.